The summed E-state index contributed by atoms with van der Waals surface area (Å²) < 4.78 is 6.78. The van der Waals surface area contributed by atoms with Crippen LogP contribution in [0.15, 0.2) is 22.7 Å². The van der Waals surface area contributed by atoms with Crippen molar-refractivity contribution >= 4 is 15.9 Å². The first-order valence-electron chi connectivity index (χ1n) is 5.10. The van der Waals surface area contributed by atoms with E-state index in [4.69, 9.17) is 4.74 Å². The second-order valence-corrected chi connectivity index (χ2v) is 5.09. The lowest BCUT2D eigenvalue weighted by atomic mass is 9.84. The van der Waals surface area contributed by atoms with Crippen LogP contribution < -0.4 is 4.74 Å². The number of fused-ring (bicyclic) bond motifs is 1. The zero-order valence-corrected chi connectivity index (χ0v) is 10.2. The van der Waals surface area contributed by atoms with Crippen LogP contribution in [0.4, 0.5) is 0 Å². The lowest BCUT2D eigenvalue weighted by Crippen LogP contribution is -2.18. The maximum absolute atomic E-state index is 5.64. The molecule has 1 aromatic carbocycles. The molecule has 0 amide bonds. The fourth-order valence-corrected chi connectivity index (χ4v) is 2.46. The summed E-state index contributed by atoms with van der Waals surface area (Å²) in [6.45, 7) is 5.42. The summed E-state index contributed by atoms with van der Waals surface area (Å²) in [5.74, 6) is 2.40. The van der Waals surface area contributed by atoms with Crippen molar-refractivity contribution in [2.75, 3.05) is 6.61 Å². The average Bonchev–Trinajstić information content (AvgIpc) is 2.16. The lowest BCUT2D eigenvalue weighted by molar-refractivity contribution is 0.247. The van der Waals surface area contributed by atoms with Gasteiger partial charge in [0.05, 0.1) is 6.61 Å². The Hall–Kier alpha value is -0.500. The molecule has 0 N–H and O–H groups in total. The topological polar surface area (TPSA) is 9.23 Å². The van der Waals surface area contributed by atoms with Gasteiger partial charge in [-0.05, 0) is 42.0 Å². The highest BCUT2D eigenvalue weighted by molar-refractivity contribution is 9.10. The molecule has 1 aliphatic heterocycles. The lowest BCUT2D eigenvalue weighted by Gasteiger charge is -2.28. The van der Waals surface area contributed by atoms with Crippen LogP contribution in [0.25, 0.3) is 0 Å². The molecule has 0 radical (unpaired) electrons. The summed E-state index contributed by atoms with van der Waals surface area (Å²) in [6.07, 6.45) is 1.14. The monoisotopic (exact) mass is 254 g/mol. The van der Waals surface area contributed by atoms with Gasteiger partial charge in [0.2, 0.25) is 0 Å². The van der Waals surface area contributed by atoms with Gasteiger partial charge in [0.25, 0.3) is 0 Å². The van der Waals surface area contributed by atoms with Gasteiger partial charge in [-0.3, -0.25) is 0 Å². The van der Waals surface area contributed by atoms with E-state index in [-0.39, 0.29) is 0 Å². The molecule has 0 bridgehead atoms. The molecule has 0 spiro atoms. The van der Waals surface area contributed by atoms with Crippen molar-refractivity contribution in [1.29, 1.82) is 0 Å². The second-order valence-electron chi connectivity index (χ2n) is 4.17. The van der Waals surface area contributed by atoms with Crippen molar-refractivity contribution in [1.82, 2.24) is 0 Å². The minimum absolute atomic E-state index is 0.649. The first-order chi connectivity index (χ1) is 6.68. The summed E-state index contributed by atoms with van der Waals surface area (Å²) >= 11 is 3.51. The Morgan fingerprint density at radius 2 is 2.21 bits per heavy atom. The SMILES string of the molecule is CC(C)[C@H]1CCOc2ccc(Br)cc21. The normalized spacial score (nSPS) is 20.4. The highest BCUT2D eigenvalue weighted by Crippen LogP contribution is 2.39. The highest BCUT2D eigenvalue weighted by Gasteiger charge is 2.23. The minimum atomic E-state index is 0.649. The third-order valence-corrected chi connectivity index (χ3v) is 3.36. The van der Waals surface area contributed by atoms with Gasteiger partial charge in [-0.15, -0.1) is 0 Å². The molecule has 0 aliphatic carbocycles. The molecular weight excluding hydrogens is 240 g/mol. The van der Waals surface area contributed by atoms with Crippen molar-refractivity contribution in [2.45, 2.75) is 26.2 Å². The predicted molar refractivity (Wildman–Crippen MR) is 61.8 cm³/mol. The van der Waals surface area contributed by atoms with E-state index in [1.54, 1.807) is 0 Å². The van der Waals surface area contributed by atoms with Gasteiger partial charge in [0, 0.05) is 4.47 Å². The minimum Gasteiger partial charge on any atom is -0.493 e. The largest absolute Gasteiger partial charge is 0.493 e. The van der Waals surface area contributed by atoms with Crippen LogP contribution in [0, 0.1) is 5.92 Å². The number of hydrogen-bond acceptors (Lipinski definition) is 1. The van der Waals surface area contributed by atoms with Gasteiger partial charge < -0.3 is 4.74 Å². The van der Waals surface area contributed by atoms with Crippen molar-refractivity contribution < 1.29 is 4.74 Å². The maximum Gasteiger partial charge on any atom is 0.122 e. The highest BCUT2D eigenvalue weighted by atomic mass is 79.9. The van der Waals surface area contributed by atoms with Gasteiger partial charge in [0.15, 0.2) is 0 Å². The van der Waals surface area contributed by atoms with Crippen LogP contribution >= 0.6 is 15.9 Å². The first kappa shape index (κ1) is 10.0. The Morgan fingerprint density at radius 1 is 1.43 bits per heavy atom. The van der Waals surface area contributed by atoms with Gasteiger partial charge in [0.1, 0.15) is 5.75 Å². The molecule has 0 unspecified atom stereocenters. The van der Waals surface area contributed by atoms with E-state index in [2.05, 4.69) is 41.9 Å². The van der Waals surface area contributed by atoms with Crippen LogP contribution in [0.1, 0.15) is 31.7 Å². The van der Waals surface area contributed by atoms with Crippen molar-refractivity contribution in [2.24, 2.45) is 5.92 Å². The molecule has 2 rings (SSSR count). The molecule has 1 aliphatic rings. The van der Waals surface area contributed by atoms with Crippen LogP contribution in [-0.2, 0) is 0 Å². The molecule has 0 saturated carbocycles. The summed E-state index contributed by atoms with van der Waals surface area (Å²) in [5, 5.41) is 0. The first-order valence-corrected chi connectivity index (χ1v) is 5.90. The molecule has 0 aromatic heterocycles. The van der Waals surface area contributed by atoms with E-state index in [1.165, 1.54) is 5.56 Å². The molecule has 14 heavy (non-hydrogen) atoms. The third kappa shape index (κ3) is 1.81. The van der Waals surface area contributed by atoms with Crippen molar-refractivity contribution in [3.05, 3.63) is 28.2 Å². The Kier molecular flexibility index (Phi) is 2.82. The molecule has 1 atom stereocenters. The molecular formula is C12H15BrO. The Morgan fingerprint density at radius 3 is 2.93 bits per heavy atom. The van der Waals surface area contributed by atoms with E-state index < -0.39 is 0 Å². The number of ether oxygens (including phenoxy) is 1. The second kappa shape index (κ2) is 3.93. The molecule has 76 valence electrons. The third-order valence-electron chi connectivity index (χ3n) is 2.86. The Bertz CT molecular complexity index is 333. The Labute approximate surface area is 93.6 Å². The summed E-state index contributed by atoms with van der Waals surface area (Å²) in [4.78, 5) is 0. The van der Waals surface area contributed by atoms with Crippen molar-refractivity contribution in [3.8, 4) is 5.75 Å². The van der Waals surface area contributed by atoms with Crippen LogP contribution in [0.3, 0.4) is 0 Å². The summed E-state index contributed by atoms with van der Waals surface area (Å²) in [5.41, 5.74) is 1.36. The van der Waals surface area contributed by atoms with E-state index in [1.807, 2.05) is 6.07 Å². The van der Waals surface area contributed by atoms with Crippen LogP contribution in [-0.4, -0.2) is 6.61 Å². The van der Waals surface area contributed by atoms with Gasteiger partial charge >= 0.3 is 0 Å². The number of hydrogen-bond donors (Lipinski definition) is 0. The van der Waals surface area contributed by atoms with Gasteiger partial charge in [-0.1, -0.05) is 29.8 Å². The van der Waals surface area contributed by atoms with E-state index >= 15 is 0 Å². The predicted octanol–water partition coefficient (Wildman–Crippen LogP) is 3.97. The number of rotatable bonds is 1. The molecule has 2 heteroatoms. The van der Waals surface area contributed by atoms with Crippen molar-refractivity contribution in [3.63, 3.8) is 0 Å². The maximum atomic E-state index is 5.64. The standard InChI is InChI=1S/C12H15BrO/c1-8(2)10-5-6-14-12-4-3-9(13)7-11(10)12/h3-4,7-8,10H,5-6H2,1-2H3/t10-/m1/s1. The summed E-state index contributed by atoms with van der Waals surface area (Å²) in [6, 6.07) is 6.30. The molecule has 1 nitrogen and oxygen atoms in total. The van der Waals surface area contributed by atoms with Crippen LogP contribution in [0.2, 0.25) is 0 Å². The number of halogens is 1. The van der Waals surface area contributed by atoms with Gasteiger partial charge in [-0.2, -0.15) is 0 Å². The molecule has 1 heterocycles. The molecule has 0 fully saturated rings. The molecule has 0 saturated heterocycles. The fraction of sp³-hybridized carbons (Fsp3) is 0.500. The van der Waals surface area contributed by atoms with E-state index in [9.17, 15) is 0 Å². The zero-order valence-electron chi connectivity index (χ0n) is 8.59. The smallest absolute Gasteiger partial charge is 0.122 e. The number of benzene rings is 1. The summed E-state index contributed by atoms with van der Waals surface area (Å²) in [7, 11) is 0. The van der Waals surface area contributed by atoms with E-state index in [0.717, 1.165) is 23.2 Å². The quantitative estimate of drug-likeness (QED) is 0.737. The molecule has 1 aromatic rings. The van der Waals surface area contributed by atoms with E-state index in [0.29, 0.717) is 11.8 Å². The van der Waals surface area contributed by atoms with Gasteiger partial charge in [-0.25, -0.2) is 0 Å². The fourth-order valence-electron chi connectivity index (χ4n) is 2.08. The average molecular weight is 255 g/mol. The zero-order chi connectivity index (χ0) is 10.1. The van der Waals surface area contributed by atoms with Crippen LogP contribution in [0.5, 0.6) is 5.75 Å². The Balaban J connectivity index is 2.41.